The Morgan fingerprint density at radius 2 is 2.00 bits per heavy atom. The zero-order valence-corrected chi connectivity index (χ0v) is 7.42. The molecule has 0 aromatic carbocycles. The molecule has 0 spiro atoms. The van der Waals surface area contributed by atoms with Crippen molar-refractivity contribution in [3.8, 4) is 0 Å². The predicted molar refractivity (Wildman–Crippen MR) is 47.9 cm³/mol. The second-order valence-electron chi connectivity index (χ2n) is 2.69. The monoisotopic (exact) mass is 153 g/mol. The minimum Gasteiger partial charge on any atom is -0.232 e. The lowest BCUT2D eigenvalue weighted by Crippen LogP contribution is -1.86. The van der Waals surface area contributed by atoms with Crippen LogP contribution < -0.4 is 0 Å². The van der Waals surface area contributed by atoms with Gasteiger partial charge in [0, 0.05) is 0 Å². The van der Waals surface area contributed by atoms with Crippen LogP contribution in [0.25, 0.3) is 0 Å². The van der Waals surface area contributed by atoms with E-state index in [4.69, 9.17) is 0 Å². The molecule has 0 amide bonds. The van der Waals surface area contributed by atoms with Gasteiger partial charge in [-0.2, -0.15) is 0 Å². The molecule has 0 N–H and O–H groups in total. The Labute approximate surface area is 69.4 Å². The van der Waals surface area contributed by atoms with Crippen molar-refractivity contribution >= 4 is 0 Å². The minimum atomic E-state index is -0.0954. The van der Waals surface area contributed by atoms with Gasteiger partial charge < -0.3 is 0 Å². The molecule has 0 rings (SSSR count). The molecule has 1 heteroatoms. The first-order chi connectivity index (χ1) is 5.31. The van der Waals surface area contributed by atoms with E-state index in [9.17, 15) is 5.11 Å². The van der Waals surface area contributed by atoms with Crippen molar-refractivity contribution in [1.82, 2.24) is 0 Å². The summed E-state index contributed by atoms with van der Waals surface area (Å²) in [5.41, 5.74) is 0. The number of rotatable bonds is 5. The molecule has 0 bridgehead atoms. The fraction of sp³-hybridized carbons (Fsp3) is 0.600. The van der Waals surface area contributed by atoms with Crippen LogP contribution in [-0.2, 0) is 5.11 Å². The van der Waals surface area contributed by atoms with Crippen molar-refractivity contribution in [2.75, 3.05) is 6.61 Å². The summed E-state index contributed by atoms with van der Waals surface area (Å²) < 4.78 is 0. The van der Waals surface area contributed by atoms with Gasteiger partial charge in [-0.3, -0.25) is 0 Å². The molecule has 0 saturated heterocycles. The first-order valence-electron chi connectivity index (χ1n) is 4.21. The summed E-state index contributed by atoms with van der Waals surface area (Å²) in [6, 6.07) is 0. The molecular weight excluding hydrogens is 136 g/mol. The molecule has 63 valence electrons. The van der Waals surface area contributed by atoms with E-state index in [1.807, 2.05) is 6.08 Å². The molecule has 0 aromatic rings. The van der Waals surface area contributed by atoms with Gasteiger partial charge in [0.15, 0.2) is 0 Å². The Morgan fingerprint density at radius 1 is 1.27 bits per heavy atom. The van der Waals surface area contributed by atoms with Crippen LogP contribution in [0.4, 0.5) is 0 Å². The molecule has 0 heterocycles. The highest BCUT2D eigenvalue weighted by molar-refractivity contribution is 4.91. The van der Waals surface area contributed by atoms with E-state index in [1.165, 1.54) is 0 Å². The molecule has 0 aliphatic rings. The summed E-state index contributed by atoms with van der Waals surface area (Å²) in [4.78, 5) is 0. The van der Waals surface area contributed by atoms with Crippen LogP contribution >= 0.6 is 0 Å². The fourth-order valence-electron chi connectivity index (χ4n) is 0.844. The molecule has 0 saturated carbocycles. The van der Waals surface area contributed by atoms with Gasteiger partial charge in [0.05, 0.1) is 0 Å². The minimum absolute atomic E-state index is 0.0954. The summed E-state index contributed by atoms with van der Waals surface area (Å²) in [6.07, 6.45) is 10.1. The van der Waals surface area contributed by atoms with E-state index in [0.29, 0.717) is 5.92 Å². The summed E-state index contributed by atoms with van der Waals surface area (Å²) >= 11 is 0. The van der Waals surface area contributed by atoms with Crippen molar-refractivity contribution in [2.45, 2.75) is 26.7 Å². The maximum atomic E-state index is 10.1. The second-order valence-corrected chi connectivity index (χ2v) is 2.69. The van der Waals surface area contributed by atoms with Crippen LogP contribution in [-0.4, -0.2) is 6.61 Å². The van der Waals surface area contributed by atoms with Crippen molar-refractivity contribution in [3.63, 3.8) is 0 Å². The molecular formula is C10H17O. The van der Waals surface area contributed by atoms with Crippen LogP contribution in [0.5, 0.6) is 0 Å². The van der Waals surface area contributed by atoms with Crippen molar-refractivity contribution in [3.05, 3.63) is 24.3 Å². The maximum Gasteiger partial charge on any atom is 0.100 e. The Balaban J connectivity index is 3.43. The third kappa shape index (κ3) is 7.34. The van der Waals surface area contributed by atoms with Gasteiger partial charge in [-0.15, -0.1) is 0 Å². The van der Waals surface area contributed by atoms with Crippen LogP contribution in [0.15, 0.2) is 24.3 Å². The highest BCUT2D eigenvalue weighted by Crippen LogP contribution is 2.04. The normalized spacial score (nSPS) is 14.8. The first kappa shape index (κ1) is 10.4. The van der Waals surface area contributed by atoms with E-state index < -0.39 is 0 Å². The second kappa shape index (κ2) is 7.55. The summed E-state index contributed by atoms with van der Waals surface area (Å²) in [6.45, 7) is 4.14. The SMILES string of the molecule is CCC=CCC(C)C=CC[O]. The van der Waals surface area contributed by atoms with Crippen LogP contribution in [0.2, 0.25) is 0 Å². The smallest absolute Gasteiger partial charge is 0.100 e. The Hall–Kier alpha value is -0.560. The molecule has 0 aliphatic heterocycles. The van der Waals surface area contributed by atoms with Crippen LogP contribution in [0, 0.1) is 5.92 Å². The summed E-state index contributed by atoms with van der Waals surface area (Å²) in [5.74, 6) is 0.506. The van der Waals surface area contributed by atoms with E-state index in [2.05, 4.69) is 26.0 Å². The van der Waals surface area contributed by atoms with Gasteiger partial charge in [0.1, 0.15) is 6.61 Å². The molecule has 0 aromatic heterocycles. The number of allylic oxidation sites excluding steroid dienone is 3. The largest absolute Gasteiger partial charge is 0.232 e. The van der Waals surface area contributed by atoms with E-state index >= 15 is 0 Å². The predicted octanol–water partition coefficient (Wildman–Crippen LogP) is 2.97. The maximum absolute atomic E-state index is 10.1. The molecule has 0 aliphatic carbocycles. The number of hydrogen-bond donors (Lipinski definition) is 0. The van der Waals surface area contributed by atoms with E-state index in [1.54, 1.807) is 6.08 Å². The lowest BCUT2D eigenvalue weighted by Gasteiger charge is -1.98. The van der Waals surface area contributed by atoms with Crippen LogP contribution in [0.1, 0.15) is 26.7 Å². The molecule has 1 radical (unpaired) electrons. The lowest BCUT2D eigenvalue weighted by molar-refractivity contribution is 0.232. The van der Waals surface area contributed by atoms with Crippen LogP contribution in [0.3, 0.4) is 0 Å². The molecule has 1 atom stereocenters. The van der Waals surface area contributed by atoms with Gasteiger partial charge >= 0.3 is 0 Å². The fourth-order valence-corrected chi connectivity index (χ4v) is 0.844. The van der Waals surface area contributed by atoms with Crippen molar-refractivity contribution in [2.24, 2.45) is 5.92 Å². The molecule has 1 nitrogen and oxygen atoms in total. The van der Waals surface area contributed by atoms with E-state index in [-0.39, 0.29) is 6.61 Å². The summed E-state index contributed by atoms with van der Waals surface area (Å²) in [5, 5.41) is 10.1. The first-order valence-corrected chi connectivity index (χ1v) is 4.21. The Morgan fingerprint density at radius 3 is 2.55 bits per heavy atom. The third-order valence-electron chi connectivity index (χ3n) is 1.47. The standard InChI is InChI=1S/C10H17O/c1-3-4-5-7-10(2)8-6-9-11/h4-6,8,10H,3,7,9H2,1-2H3. The highest BCUT2D eigenvalue weighted by atomic mass is 16.2. The molecule has 1 unspecified atom stereocenters. The summed E-state index contributed by atoms with van der Waals surface area (Å²) in [7, 11) is 0. The van der Waals surface area contributed by atoms with Crippen molar-refractivity contribution < 1.29 is 5.11 Å². The molecule has 11 heavy (non-hydrogen) atoms. The lowest BCUT2D eigenvalue weighted by atomic mass is 10.1. The molecule has 0 fully saturated rings. The third-order valence-corrected chi connectivity index (χ3v) is 1.47. The topological polar surface area (TPSA) is 19.9 Å². The van der Waals surface area contributed by atoms with E-state index in [0.717, 1.165) is 12.8 Å². The van der Waals surface area contributed by atoms with Gasteiger partial charge in [-0.1, -0.05) is 38.2 Å². The quantitative estimate of drug-likeness (QED) is 0.541. The van der Waals surface area contributed by atoms with Crippen molar-refractivity contribution in [1.29, 1.82) is 0 Å². The zero-order valence-electron chi connectivity index (χ0n) is 7.42. The average molecular weight is 153 g/mol. The van der Waals surface area contributed by atoms with Gasteiger partial charge in [0.25, 0.3) is 0 Å². The number of hydrogen-bond acceptors (Lipinski definition) is 0. The van der Waals surface area contributed by atoms with Gasteiger partial charge in [-0.25, -0.2) is 5.11 Å². The van der Waals surface area contributed by atoms with Gasteiger partial charge in [-0.05, 0) is 18.8 Å². The Bertz CT molecular complexity index is 125. The Kier molecular flexibility index (Phi) is 7.16. The highest BCUT2D eigenvalue weighted by Gasteiger charge is 1.90. The zero-order chi connectivity index (χ0) is 8.53. The van der Waals surface area contributed by atoms with Gasteiger partial charge in [0.2, 0.25) is 0 Å². The average Bonchev–Trinajstić information content (AvgIpc) is 2.01.